The van der Waals surface area contributed by atoms with Crippen molar-refractivity contribution in [2.24, 2.45) is 10.1 Å². The van der Waals surface area contributed by atoms with Crippen LogP contribution in [0.2, 0.25) is 0 Å². The molecule has 1 unspecified atom stereocenters. The van der Waals surface area contributed by atoms with Crippen molar-refractivity contribution < 1.29 is 9.39 Å². The largest absolute Gasteiger partial charge is 0.339 e. The van der Waals surface area contributed by atoms with Crippen molar-refractivity contribution in [2.45, 2.75) is 19.3 Å². The number of nitrogens with zero attached hydrogens (tertiary/aromatic N) is 5. The number of hydrogen-bond donors (Lipinski definition) is 0. The SMILES string of the molecule is C[N+]12C=CC(c3ccc(C(=O)N4CCCCC4)cc3)=NC1=C(c1ccc(C#N)cc1)C=N2. The molecule has 1 atom stereocenters. The van der Waals surface area contributed by atoms with Crippen molar-refractivity contribution in [2.75, 3.05) is 20.1 Å². The number of amides is 1. The third-order valence-corrected chi connectivity index (χ3v) is 6.24. The molecule has 2 aromatic carbocycles. The molecule has 6 nitrogen and oxygen atoms in total. The Morgan fingerprint density at radius 2 is 1.69 bits per heavy atom. The van der Waals surface area contributed by atoms with Gasteiger partial charge in [0.1, 0.15) is 13.2 Å². The maximum atomic E-state index is 12.8. The van der Waals surface area contributed by atoms with Crippen LogP contribution in [0.5, 0.6) is 0 Å². The molecule has 0 spiro atoms. The molecule has 2 aromatic rings. The number of aliphatic imine (C=N–C) groups is 1. The molecular weight excluding hydrogens is 398 g/mol. The molecule has 0 aromatic heterocycles. The molecule has 3 aliphatic heterocycles. The number of benzene rings is 2. The zero-order chi connectivity index (χ0) is 22.1. The molecule has 6 heteroatoms. The van der Waals surface area contributed by atoms with Gasteiger partial charge in [-0.05, 0) is 49.1 Å². The number of piperidine rings is 1. The summed E-state index contributed by atoms with van der Waals surface area (Å²) in [5, 5.41) is 13.7. The lowest BCUT2D eigenvalue weighted by Crippen LogP contribution is -2.35. The first kappa shape index (κ1) is 20.1. The number of fused-ring (bicyclic) bond motifs is 1. The fraction of sp³-hybridized carbons (Fsp3) is 0.231. The van der Waals surface area contributed by atoms with E-state index in [2.05, 4.69) is 11.2 Å². The average molecular weight is 423 g/mol. The minimum atomic E-state index is 0.108. The molecule has 158 valence electrons. The van der Waals surface area contributed by atoms with Gasteiger partial charge in [-0.1, -0.05) is 29.4 Å². The van der Waals surface area contributed by atoms with Crippen LogP contribution in [-0.2, 0) is 0 Å². The molecule has 5 rings (SSSR count). The first-order chi connectivity index (χ1) is 15.6. The zero-order valence-electron chi connectivity index (χ0n) is 18.0. The minimum Gasteiger partial charge on any atom is -0.339 e. The number of hydrogen-bond acceptors (Lipinski definition) is 4. The molecular formula is C26H24N5O+. The van der Waals surface area contributed by atoms with Crippen molar-refractivity contribution in [3.8, 4) is 6.07 Å². The van der Waals surface area contributed by atoms with Crippen molar-refractivity contribution in [1.29, 1.82) is 5.26 Å². The fourth-order valence-electron chi connectivity index (χ4n) is 4.32. The van der Waals surface area contributed by atoms with Gasteiger partial charge in [0.05, 0.1) is 29.1 Å². The summed E-state index contributed by atoms with van der Waals surface area (Å²) in [5.74, 6) is 0.942. The van der Waals surface area contributed by atoms with Gasteiger partial charge in [0, 0.05) is 30.3 Å². The van der Waals surface area contributed by atoms with E-state index in [0.29, 0.717) is 5.56 Å². The summed E-state index contributed by atoms with van der Waals surface area (Å²) in [5.41, 5.74) is 5.06. The van der Waals surface area contributed by atoms with Crippen LogP contribution in [0.4, 0.5) is 0 Å². The van der Waals surface area contributed by atoms with E-state index in [9.17, 15) is 4.79 Å². The van der Waals surface area contributed by atoms with Crippen molar-refractivity contribution in [1.82, 2.24) is 4.90 Å². The molecule has 0 saturated carbocycles. The second kappa shape index (κ2) is 8.03. The number of carbonyl (C=O) groups is 1. The van der Waals surface area contributed by atoms with Crippen LogP contribution < -0.4 is 0 Å². The summed E-state index contributed by atoms with van der Waals surface area (Å²) in [6, 6.07) is 17.3. The van der Waals surface area contributed by atoms with Crippen molar-refractivity contribution in [3.05, 3.63) is 88.9 Å². The Morgan fingerprint density at radius 1 is 1.00 bits per heavy atom. The summed E-state index contributed by atoms with van der Waals surface area (Å²) < 4.78 is 0.254. The Morgan fingerprint density at radius 3 is 2.38 bits per heavy atom. The number of allylic oxidation sites excluding steroid dienone is 2. The lowest BCUT2D eigenvalue weighted by Gasteiger charge is -2.26. The van der Waals surface area contributed by atoms with E-state index in [-0.39, 0.29) is 10.5 Å². The summed E-state index contributed by atoms with van der Waals surface area (Å²) in [6.07, 6.45) is 9.20. The predicted molar refractivity (Wildman–Crippen MR) is 125 cm³/mol. The third kappa shape index (κ3) is 3.57. The van der Waals surface area contributed by atoms with Gasteiger partial charge >= 0.3 is 0 Å². The Bertz CT molecular complexity index is 1220. The second-order valence-corrected chi connectivity index (χ2v) is 8.44. The molecule has 0 bridgehead atoms. The number of rotatable bonds is 3. The maximum absolute atomic E-state index is 12.8. The van der Waals surface area contributed by atoms with E-state index in [1.165, 1.54) is 6.42 Å². The fourth-order valence-corrected chi connectivity index (χ4v) is 4.32. The Hall–Kier alpha value is -3.82. The predicted octanol–water partition coefficient (Wildman–Crippen LogP) is 4.32. The Balaban J connectivity index is 1.44. The highest BCUT2D eigenvalue weighted by atomic mass is 16.2. The van der Waals surface area contributed by atoms with E-state index in [0.717, 1.165) is 59.7 Å². The standard InChI is InChI=1S/C26H24N5O/c1-31-16-13-24(21-9-11-22(12-10-21)26(32)30-14-3-2-4-15-30)29-25(31)23(18-28-31)20-7-5-19(17-27)6-8-20/h5-13,16,18H,2-4,14-15H2,1H3/q+1. The van der Waals surface area contributed by atoms with Crippen LogP contribution in [0.3, 0.4) is 0 Å². The van der Waals surface area contributed by atoms with Gasteiger partial charge in [0.15, 0.2) is 0 Å². The molecule has 3 heterocycles. The highest BCUT2D eigenvalue weighted by Gasteiger charge is 2.37. The van der Waals surface area contributed by atoms with Crippen LogP contribution in [-0.4, -0.2) is 47.5 Å². The molecule has 0 N–H and O–H groups in total. The normalized spacial score (nSPS) is 21.9. The molecule has 1 fully saturated rings. The molecule has 0 radical (unpaired) electrons. The number of quaternary nitrogens is 1. The quantitative estimate of drug-likeness (QED) is 0.692. The number of carbonyl (C=O) groups excluding carboxylic acids is 1. The Labute approximate surface area is 187 Å². The average Bonchev–Trinajstić information content (AvgIpc) is 3.20. The van der Waals surface area contributed by atoms with Gasteiger partial charge in [-0.3, -0.25) is 4.79 Å². The van der Waals surface area contributed by atoms with Gasteiger partial charge in [-0.25, -0.2) is 0 Å². The van der Waals surface area contributed by atoms with Gasteiger partial charge in [-0.2, -0.15) is 10.3 Å². The third-order valence-electron chi connectivity index (χ3n) is 6.24. The molecule has 3 aliphatic rings. The van der Waals surface area contributed by atoms with Gasteiger partial charge < -0.3 is 4.90 Å². The first-order valence-electron chi connectivity index (χ1n) is 10.9. The summed E-state index contributed by atoms with van der Waals surface area (Å²) in [7, 11) is 1.99. The molecule has 1 saturated heterocycles. The van der Waals surface area contributed by atoms with Crippen LogP contribution in [0.25, 0.3) is 5.57 Å². The van der Waals surface area contributed by atoms with Crippen LogP contribution in [0.15, 0.2) is 76.7 Å². The highest BCUT2D eigenvalue weighted by molar-refractivity contribution is 6.15. The maximum Gasteiger partial charge on any atom is 0.269 e. The van der Waals surface area contributed by atoms with E-state index in [1.54, 1.807) is 12.1 Å². The zero-order valence-corrected chi connectivity index (χ0v) is 18.0. The lowest BCUT2D eigenvalue weighted by molar-refractivity contribution is -0.825. The smallest absolute Gasteiger partial charge is 0.269 e. The van der Waals surface area contributed by atoms with Gasteiger partial charge in [-0.15, -0.1) is 4.59 Å². The van der Waals surface area contributed by atoms with Crippen molar-refractivity contribution >= 4 is 23.4 Å². The number of likely N-dealkylation sites (tertiary alicyclic amines) is 1. The van der Waals surface area contributed by atoms with E-state index >= 15 is 0 Å². The van der Waals surface area contributed by atoms with E-state index < -0.39 is 0 Å². The minimum absolute atomic E-state index is 0.108. The van der Waals surface area contributed by atoms with Gasteiger partial charge in [0.25, 0.3) is 11.7 Å². The summed E-state index contributed by atoms with van der Waals surface area (Å²) >= 11 is 0. The van der Waals surface area contributed by atoms with Gasteiger partial charge in [0.2, 0.25) is 0 Å². The first-order valence-corrected chi connectivity index (χ1v) is 10.9. The molecule has 1 amide bonds. The lowest BCUT2D eigenvalue weighted by atomic mass is 10.0. The van der Waals surface area contributed by atoms with E-state index in [4.69, 9.17) is 10.3 Å². The monoisotopic (exact) mass is 422 g/mol. The van der Waals surface area contributed by atoms with Crippen LogP contribution >= 0.6 is 0 Å². The molecule has 32 heavy (non-hydrogen) atoms. The highest BCUT2D eigenvalue weighted by Crippen LogP contribution is 2.35. The second-order valence-electron chi connectivity index (χ2n) is 8.44. The number of nitriles is 1. The summed E-state index contributed by atoms with van der Waals surface area (Å²) in [4.78, 5) is 19.7. The summed E-state index contributed by atoms with van der Waals surface area (Å²) in [6.45, 7) is 1.69. The Kier molecular flexibility index (Phi) is 5.04. The van der Waals surface area contributed by atoms with Crippen molar-refractivity contribution in [3.63, 3.8) is 0 Å². The topological polar surface area (TPSA) is 68.8 Å². The molecule has 0 aliphatic carbocycles. The van der Waals surface area contributed by atoms with Crippen LogP contribution in [0, 0.1) is 11.3 Å². The van der Waals surface area contributed by atoms with Crippen LogP contribution in [0.1, 0.15) is 46.3 Å². The van der Waals surface area contributed by atoms with E-state index in [1.807, 2.05) is 66.8 Å².